The Hall–Kier alpha value is -1.79. The first-order valence-electron chi connectivity index (χ1n) is 6.84. The normalized spacial score (nSPS) is 11.4. The van der Waals surface area contributed by atoms with Crippen molar-refractivity contribution in [1.82, 2.24) is 25.5 Å². The minimum Gasteiger partial charge on any atom is -0.308 e. The number of hydrogen-bond donors (Lipinski definition) is 1. The molecular weight excluding hydrogens is 330 g/mol. The molecule has 0 radical (unpaired) electrons. The van der Waals surface area contributed by atoms with Crippen LogP contribution in [0.25, 0.3) is 16.5 Å². The first-order chi connectivity index (χ1) is 10.1. The highest BCUT2D eigenvalue weighted by atomic mass is 79.9. The lowest BCUT2D eigenvalue weighted by Gasteiger charge is -2.09. The minimum absolute atomic E-state index is 0.393. The van der Waals surface area contributed by atoms with Crippen LogP contribution in [0, 0.1) is 0 Å². The molecule has 1 N–H and O–H groups in total. The van der Waals surface area contributed by atoms with E-state index in [9.17, 15) is 0 Å². The van der Waals surface area contributed by atoms with Crippen molar-refractivity contribution in [2.75, 3.05) is 0 Å². The Morgan fingerprint density at radius 1 is 1.14 bits per heavy atom. The third-order valence-electron chi connectivity index (χ3n) is 3.23. The maximum atomic E-state index is 4.10. The van der Waals surface area contributed by atoms with Gasteiger partial charge in [-0.05, 0) is 45.5 Å². The van der Waals surface area contributed by atoms with Crippen LogP contribution < -0.4 is 5.32 Å². The van der Waals surface area contributed by atoms with Crippen molar-refractivity contribution in [2.24, 2.45) is 0 Å². The number of benzene rings is 2. The van der Waals surface area contributed by atoms with Crippen LogP contribution in [0.2, 0.25) is 0 Å². The zero-order chi connectivity index (χ0) is 14.8. The van der Waals surface area contributed by atoms with Crippen LogP contribution >= 0.6 is 15.9 Å². The molecule has 0 aliphatic rings. The lowest BCUT2D eigenvalue weighted by molar-refractivity contribution is 0.563. The second-order valence-corrected chi connectivity index (χ2v) is 6.13. The molecule has 0 aliphatic heterocycles. The number of hydrogen-bond acceptors (Lipinski definition) is 4. The molecule has 1 heterocycles. The van der Waals surface area contributed by atoms with E-state index in [1.807, 2.05) is 12.1 Å². The van der Waals surface area contributed by atoms with E-state index in [1.165, 1.54) is 5.39 Å². The summed E-state index contributed by atoms with van der Waals surface area (Å²) in [6, 6.07) is 12.8. The van der Waals surface area contributed by atoms with Gasteiger partial charge in [-0.15, -0.1) is 5.10 Å². The molecule has 0 amide bonds. The minimum atomic E-state index is 0.393. The van der Waals surface area contributed by atoms with Crippen LogP contribution in [0.15, 0.2) is 40.9 Å². The second-order valence-electron chi connectivity index (χ2n) is 5.22. The lowest BCUT2D eigenvalue weighted by atomic mass is 10.1. The fraction of sp³-hybridized carbons (Fsp3) is 0.267. The first-order valence-corrected chi connectivity index (χ1v) is 7.63. The van der Waals surface area contributed by atoms with E-state index in [4.69, 9.17) is 0 Å². The number of aromatic nitrogens is 4. The molecule has 0 saturated heterocycles. The molecule has 3 aromatic rings. The fourth-order valence-electron chi connectivity index (χ4n) is 2.15. The van der Waals surface area contributed by atoms with E-state index in [0.717, 1.165) is 21.4 Å². The monoisotopic (exact) mass is 345 g/mol. The number of rotatable bonds is 4. The molecule has 5 nitrogen and oxygen atoms in total. The van der Waals surface area contributed by atoms with Crippen LogP contribution in [0.5, 0.6) is 0 Å². The van der Waals surface area contributed by atoms with E-state index in [0.29, 0.717) is 12.6 Å². The molecule has 0 bridgehead atoms. The van der Waals surface area contributed by atoms with E-state index < -0.39 is 0 Å². The Balaban J connectivity index is 1.97. The molecule has 0 atom stereocenters. The van der Waals surface area contributed by atoms with Crippen molar-refractivity contribution in [1.29, 1.82) is 0 Å². The van der Waals surface area contributed by atoms with E-state index in [1.54, 1.807) is 4.68 Å². The van der Waals surface area contributed by atoms with Gasteiger partial charge in [0.05, 0.1) is 12.2 Å². The van der Waals surface area contributed by atoms with Gasteiger partial charge in [0.15, 0.2) is 5.82 Å². The highest BCUT2D eigenvalue weighted by Gasteiger charge is 2.09. The molecule has 0 unspecified atom stereocenters. The summed E-state index contributed by atoms with van der Waals surface area (Å²) in [5.74, 6) is 0.806. The topological polar surface area (TPSA) is 55.6 Å². The van der Waals surface area contributed by atoms with Gasteiger partial charge < -0.3 is 5.32 Å². The number of fused-ring (bicyclic) bond motifs is 1. The van der Waals surface area contributed by atoms with Gasteiger partial charge >= 0.3 is 0 Å². The number of tetrazole rings is 1. The average molecular weight is 346 g/mol. The lowest BCUT2D eigenvalue weighted by Crippen LogP contribution is -2.24. The summed E-state index contributed by atoms with van der Waals surface area (Å²) < 4.78 is 2.85. The summed E-state index contributed by atoms with van der Waals surface area (Å²) in [7, 11) is 0. The van der Waals surface area contributed by atoms with Gasteiger partial charge in [0, 0.05) is 10.5 Å². The SMILES string of the molecule is CC(C)NCc1nnnn1-c1ccc2cc(Br)ccc2c1. The molecule has 0 spiro atoms. The molecule has 108 valence electrons. The van der Waals surface area contributed by atoms with Crippen LogP contribution in [-0.2, 0) is 6.54 Å². The van der Waals surface area contributed by atoms with Crippen molar-refractivity contribution in [2.45, 2.75) is 26.4 Å². The van der Waals surface area contributed by atoms with Gasteiger partial charge in [0.2, 0.25) is 0 Å². The van der Waals surface area contributed by atoms with Crippen molar-refractivity contribution >= 4 is 26.7 Å². The van der Waals surface area contributed by atoms with Crippen molar-refractivity contribution in [3.8, 4) is 5.69 Å². The average Bonchev–Trinajstić information content (AvgIpc) is 2.93. The summed E-state index contributed by atoms with van der Waals surface area (Å²) in [5, 5.41) is 17.6. The van der Waals surface area contributed by atoms with Crippen LogP contribution in [0.3, 0.4) is 0 Å². The summed E-state index contributed by atoms with van der Waals surface area (Å²) in [6.07, 6.45) is 0. The molecule has 2 aromatic carbocycles. The molecule has 0 saturated carbocycles. The Morgan fingerprint density at radius 2 is 1.90 bits per heavy atom. The van der Waals surface area contributed by atoms with Crippen molar-refractivity contribution in [3.63, 3.8) is 0 Å². The maximum absolute atomic E-state index is 4.10. The van der Waals surface area contributed by atoms with E-state index in [-0.39, 0.29) is 0 Å². The predicted molar refractivity (Wildman–Crippen MR) is 86.3 cm³/mol. The van der Waals surface area contributed by atoms with Gasteiger partial charge in [-0.2, -0.15) is 4.68 Å². The highest BCUT2D eigenvalue weighted by Crippen LogP contribution is 2.22. The summed E-state index contributed by atoms with van der Waals surface area (Å²) in [4.78, 5) is 0. The molecule has 1 aromatic heterocycles. The van der Waals surface area contributed by atoms with Crippen molar-refractivity contribution in [3.05, 3.63) is 46.7 Å². The zero-order valence-electron chi connectivity index (χ0n) is 11.9. The maximum Gasteiger partial charge on any atom is 0.170 e. The molecule has 6 heteroatoms. The van der Waals surface area contributed by atoms with Crippen LogP contribution in [0.4, 0.5) is 0 Å². The Labute approximate surface area is 131 Å². The van der Waals surface area contributed by atoms with Crippen molar-refractivity contribution < 1.29 is 0 Å². The van der Waals surface area contributed by atoms with Gasteiger partial charge in [-0.25, -0.2) is 0 Å². The fourth-order valence-corrected chi connectivity index (χ4v) is 2.53. The summed E-state index contributed by atoms with van der Waals surface area (Å²) in [6.45, 7) is 4.84. The number of nitrogens with one attached hydrogen (secondary N) is 1. The smallest absolute Gasteiger partial charge is 0.170 e. The molecular formula is C15H16BrN5. The van der Waals surface area contributed by atoms with Gasteiger partial charge in [-0.3, -0.25) is 0 Å². The summed E-state index contributed by atoms with van der Waals surface area (Å²) in [5.41, 5.74) is 0.968. The molecule has 3 rings (SSSR count). The van der Waals surface area contributed by atoms with E-state index >= 15 is 0 Å². The molecule has 0 aliphatic carbocycles. The number of nitrogens with zero attached hydrogens (tertiary/aromatic N) is 4. The van der Waals surface area contributed by atoms with E-state index in [2.05, 4.69) is 74.9 Å². The summed E-state index contributed by atoms with van der Waals surface area (Å²) >= 11 is 3.49. The van der Waals surface area contributed by atoms with Crippen LogP contribution in [-0.4, -0.2) is 26.2 Å². The van der Waals surface area contributed by atoms with Crippen LogP contribution in [0.1, 0.15) is 19.7 Å². The standard InChI is InChI=1S/C15H16BrN5/c1-10(2)17-9-15-18-19-20-21(15)14-6-4-11-7-13(16)5-3-12(11)8-14/h3-8,10,17H,9H2,1-2H3. The Bertz CT molecular complexity index is 766. The van der Waals surface area contributed by atoms with Gasteiger partial charge in [-0.1, -0.05) is 41.9 Å². The quantitative estimate of drug-likeness (QED) is 0.789. The third kappa shape index (κ3) is 3.11. The molecule has 21 heavy (non-hydrogen) atoms. The third-order valence-corrected chi connectivity index (χ3v) is 3.73. The highest BCUT2D eigenvalue weighted by molar-refractivity contribution is 9.10. The van der Waals surface area contributed by atoms with Gasteiger partial charge in [0.25, 0.3) is 0 Å². The predicted octanol–water partition coefficient (Wildman–Crippen LogP) is 3.08. The Morgan fingerprint density at radius 3 is 2.71 bits per heavy atom. The number of halogens is 1. The first kappa shape index (κ1) is 14.2. The Kier molecular flexibility index (Phi) is 3.98. The largest absolute Gasteiger partial charge is 0.308 e. The zero-order valence-corrected chi connectivity index (χ0v) is 13.5. The molecule has 0 fully saturated rings. The second kappa shape index (κ2) is 5.91. The van der Waals surface area contributed by atoms with Gasteiger partial charge in [0.1, 0.15) is 0 Å².